The summed E-state index contributed by atoms with van der Waals surface area (Å²) in [6, 6.07) is 10.2. The van der Waals surface area contributed by atoms with E-state index in [4.69, 9.17) is 0 Å². The van der Waals surface area contributed by atoms with Crippen LogP contribution in [-0.4, -0.2) is 55.3 Å². The fraction of sp³-hybridized carbons (Fsp3) is 0.385. The van der Waals surface area contributed by atoms with Gasteiger partial charge in [0.1, 0.15) is 5.84 Å². The van der Waals surface area contributed by atoms with Gasteiger partial charge in [0.2, 0.25) is 6.41 Å². The van der Waals surface area contributed by atoms with Crippen molar-refractivity contribution in [3.05, 3.63) is 35.9 Å². The van der Waals surface area contributed by atoms with Crippen LogP contribution in [0.25, 0.3) is 0 Å². The first-order chi connectivity index (χ1) is 8.35. The maximum absolute atomic E-state index is 10.7. The molecule has 1 fully saturated rings. The summed E-state index contributed by atoms with van der Waals surface area (Å²) in [6.07, 6.45) is 0.919. The largest absolute Gasteiger partial charge is 0.353 e. The van der Waals surface area contributed by atoms with Crippen molar-refractivity contribution in [3.8, 4) is 0 Å². The van der Waals surface area contributed by atoms with Crippen LogP contribution in [0.15, 0.2) is 35.3 Å². The average Bonchev–Trinajstić information content (AvgIpc) is 2.42. The van der Waals surface area contributed by atoms with Gasteiger partial charge in [0, 0.05) is 38.8 Å². The van der Waals surface area contributed by atoms with Crippen molar-refractivity contribution in [2.75, 3.05) is 33.2 Å². The molecule has 0 aliphatic carbocycles. The van der Waals surface area contributed by atoms with Gasteiger partial charge in [0.15, 0.2) is 0 Å². The zero-order valence-electron chi connectivity index (χ0n) is 10.0. The van der Waals surface area contributed by atoms with Gasteiger partial charge in [0.25, 0.3) is 0 Å². The molecule has 1 aromatic carbocycles. The number of nitrogens with zero attached hydrogens (tertiary/aromatic N) is 3. The molecule has 0 bridgehead atoms. The lowest BCUT2D eigenvalue weighted by Crippen LogP contribution is -2.48. The molecule has 0 spiro atoms. The molecule has 90 valence electrons. The van der Waals surface area contributed by atoms with Gasteiger partial charge >= 0.3 is 0 Å². The minimum atomic E-state index is 0.773. The molecule has 17 heavy (non-hydrogen) atoms. The maximum atomic E-state index is 10.7. The van der Waals surface area contributed by atoms with E-state index in [-0.39, 0.29) is 0 Å². The number of piperazine rings is 1. The van der Waals surface area contributed by atoms with Crippen LogP contribution >= 0.6 is 0 Å². The zero-order chi connectivity index (χ0) is 12.1. The van der Waals surface area contributed by atoms with E-state index >= 15 is 0 Å². The van der Waals surface area contributed by atoms with Crippen LogP contribution in [0.2, 0.25) is 0 Å². The van der Waals surface area contributed by atoms with Gasteiger partial charge in [-0.25, -0.2) is 0 Å². The van der Waals surface area contributed by atoms with E-state index in [1.54, 1.807) is 4.90 Å². The van der Waals surface area contributed by atoms with Crippen LogP contribution in [0.3, 0.4) is 0 Å². The van der Waals surface area contributed by atoms with Crippen molar-refractivity contribution in [3.63, 3.8) is 0 Å². The van der Waals surface area contributed by atoms with Crippen molar-refractivity contribution in [2.24, 2.45) is 4.99 Å². The van der Waals surface area contributed by atoms with Crippen LogP contribution in [0.5, 0.6) is 0 Å². The summed E-state index contributed by atoms with van der Waals surface area (Å²) < 4.78 is 0. The molecule has 1 aromatic rings. The molecular weight excluding hydrogens is 214 g/mol. The van der Waals surface area contributed by atoms with Crippen molar-refractivity contribution in [1.29, 1.82) is 0 Å². The Morgan fingerprint density at radius 3 is 2.35 bits per heavy atom. The number of hydrogen-bond acceptors (Lipinski definition) is 2. The number of hydrogen-bond donors (Lipinski definition) is 0. The van der Waals surface area contributed by atoms with E-state index in [1.165, 1.54) is 0 Å². The van der Waals surface area contributed by atoms with Gasteiger partial charge in [-0.05, 0) is 0 Å². The Kier molecular flexibility index (Phi) is 3.75. The zero-order valence-corrected chi connectivity index (χ0v) is 10.0. The van der Waals surface area contributed by atoms with Crippen LogP contribution in [0, 0.1) is 0 Å². The van der Waals surface area contributed by atoms with E-state index in [1.807, 2.05) is 25.2 Å². The first kappa shape index (κ1) is 11.6. The second kappa shape index (κ2) is 5.48. The molecule has 1 amide bonds. The summed E-state index contributed by atoms with van der Waals surface area (Å²) in [6.45, 7) is 3.24. The highest BCUT2D eigenvalue weighted by Crippen LogP contribution is 2.08. The fourth-order valence-corrected chi connectivity index (χ4v) is 2.08. The number of carbonyl (C=O) groups is 1. The monoisotopic (exact) mass is 231 g/mol. The lowest BCUT2D eigenvalue weighted by molar-refractivity contribution is -0.119. The van der Waals surface area contributed by atoms with Gasteiger partial charge in [-0.2, -0.15) is 0 Å². The van der Waals surface area contributed by atoms with Gasteiger partial charge < -0.3 is 9.80 Å². The molecule has 0 aromatic heterocycles. The standard InChI is InChI=1S/C13H17N3O/c1-14-13(12-5-3-2-4-6-12)16-9-7-15(11-17)8-10-16/h2-6,11H,7-10H2,1H3/b14-13+. The number of carbonyl (C=O) groups excluding carboxylic acids is 1. The molecule has 0 saturated carbocycles. The van der Waals surface area contributed by atoms with Crippen molar-refractivity contribution in [2.45, 2.75) is 0 Å². The van der Waals surface area contributed by atoms with Crippen molar-refractivity contribution in [1.82, 2.24) is 9.80 Å². The molecule has 0 radical (unpaired) electrons. The summed E-state index contributed by atoms with van der Waals surface area (Å²) in [7, 11) is 1.81. The van der Waals surface area contributed by atoms with Crippen LogP contribution in [-0.2, 0) is 4.79 Å². The summed E-state index contributed by atoms with van der Waals surface area (Å²) in [5.41, 5.74) is 1.13. The van der Waals surface area contributed by atoms with E-state index in [9.17, 15) is 4.79 Å². The maximum Gasteiger partial charge on any atom is 0.209 e. The highest BCUT2D eigenvalue weighted by Gasteiger charge is 2.18. The molecule has 0 N–H and O–H groups in total. The normalized spacial score (nSPS) is 17.1. The quantitative estimate of drug-likeness (QED) is 0.429. The minimum Gasteiger partial charge on any atom is -0.353 e. The Balaban J connectivity index is 2.09. The third-order valence-corrected chi connectivity index (χ3v) is 3.01. The van der Waals surface area contributed by atoms with E-state index in [0.717, 1.165) is 44.0 Å². The molecule has 1 aliphatic rings. The summed E-state index contributed by atoms with van der Waals surface area (Å²) in [5.74, 6) is 1.01. The second-order valence-corrected chi connectivity index (χ2v) is 4.04. The molecule has 4 nitrogen and oxygen atoms in total. The number of amides is 1. The fourth-order valence-electron chi connectivity index (χ4n) is 2.08. The molecule has 4 heteroatoms. The number of benzene rings is 1. The number of amidine groups is 1. The number of rotatable bonds is 2. The van der Waals surface area contributed by atoms with Crippen LogP contribution < -0.4 is 0 Å². The van der Waals surface area contributed by atoms with Crippen LogP contribution in [0.4, 0.5) is 0 Å². The third-order valence-electron chi connectivity index (χ3n) is 3.01. The Bertz CT molecular complexity index is 394. The van der Waals surface area contributed by atoms with E-state index < -0.39 is 0 Å². The highest BCUT2D eigenvalue weighted by molar-refractivity contribution is 5.98. The van der Waals surface area contributed by atoms with E-state index in [0.29, 0.717) is 0 Å². The molecule has 0 atom stereocenters. The summed E-state index contributed by atoms with van der Waals surface area (Å²) >= 11 is 0. The Morgan fingerprint density at radius 2 is 1.82 bits per heavy atom. The van der Waals surface area contributed by atoms with Crippen molar-refractivity contribution >= 4 is 12.2 Å². The van der Waals surface area contributed by atoms with Gasteiger partial charge in [-0.1, -0.05) is 30.3 Å². The topological polar surface area (TPSA) is 35.9 Å². The summed E-state index contributed by atoms with van der Waals surface area (Å²) in [5, 5.41) is 0. The third kappa shape index (κ3) is 2.64. The lowest BCUT2D eigenvalue weighted by atomic mass is 10.1. The lowest BCUT2D eigenvalue weighted by Gasteiger charge is -2.34. The first-order valence-corrected chi connectivity index (χ1v) is 5.81. The molecule has 1 saturated heterocycles. The van der Waals surface area contributed by atoms with Crippen molar-refractivity contribution < 1.29 is 4.79 Å². The second-order valence-electron chi connectivity index (χ2n) is 4.04. The SMILES string of the molecule is C/N=C(\c1ccccc1)N1CCN(C=O)CC1. The first-order valence-electron chi connectivity index (χ1n) is 5.81. The highest BCUT2D eigenvalue weighted by atomic mass is 16.1. The summed E-state index contributed by atoms with van der Waals surface area (Å²) in [4.78, 5) is 19.1. The average molecular weight is 231 g/mol. The Hall–Kier alpha value is -1.84. The Morgan fingerprint density at radius 1 is 1.18 bits per heavy atom. The van der Waals surface area contributed by atoms with Gasteiger partial charge in [-0.15, -0.1) is 0 Å². The van der Waals surface area contributed by atoms with Gasteiger partial charge in [-0.3, -0.25) is 9.79 Å². The van der Waals surface area contributed by atoms with Crippen LogP contribution in [0.1, 0.15) is 5.56 Å². The molecular formula is C13H17N3O. The van der Waals surface area contributed by atoms with Gasteiger partial charge in [0.05, 0.1) is 0 Å². The number of aliphatic imine (C=N–C) groups is 1. The molecule has 1 aliphatic heterocycles. The predicted molar refractivity (Wildman–Crippen MR) is 68.1 cm³/mol. The molecule has 2 rings (SSSR count). The smallest absolute Gasteiger partial charge is 0.209 e. The van der Waals surface area contributed by atoms with E-state index in [2.05, 4.69) is 22.0 Å². The molecule has 0 unspecified atom stereocenters. The minimum absolute atomic E-state index is 0.773. The predicted octanol–water partition coefficient (Wildman–Crippen LogP) is 0.837. The molecule has 1 heterocycles. The Labute approximate surface area is 102 Å².